The van der Waals surface area contributed by atoms with Gasteiger partial charge in [0.15, 0.2) is 0 Å². The molecule has 0 fully saturated rings. The van der Waals surface area contributed by atoms with Crippen molar-refractivity contribution in [1.82, 2.24) is 4.57 Å². The van der Waals surface area contributed by atoms with E-state index in [4.69, 9.17) is 5.73 Å². The number of aryl methyl sites for hydroxylation is 1. The highest BCUT2D eigenvalue weighted by Crippen LogP contribution is 2.03. The molecule has 1 atom stereocenters. The summed E-state index contributed by atoms with van der Waals surface area (Å²) in [6.07, 6.45) is 1.63. The number of nitrogens with one attached hydrogen (secondary N) is 1. The fraction of sp³-hybridized carbons (Fsp3) is 0.455. The number of carbonyl (C=O) groups excluding carboxylic acids is 1. The third-order valence-corrected chi connectivity index (χ3v) is 2.40. The Morgan fingerprint density at radius 2 is 2.12 bits per heavy atom. The Morgan fingerprint density at radius 3 is 2.69 bits per heavy atom. The maximum Gasteiger partial charge on any atom is 0.274 e. The van der Waals surface area contributed by atoms with Gasteiger partial charge in [0, 0.05) is 13.2 Å². The molecule has 0 bridgehead atoms. The summed E-state index contributed by atoms with van der Waals surface area (Å²) in [6.45, 7) is 3.71. The number of rotatable bonds is 3. The summed E-state index contributed by atoms with van der Waals surface area (Å²) in [7, 11) is 1.63. The van der Waals surface area contributed by atoms with Crippen molar-refractivity contribution >= 4 is 11.6 Å². The number of carbonyl (C=O) groups is 1. The quantitative estimate of drug-likeness (QED) is 0.774. The van der Waals surface area contributed by atoms with Crippen LogP contribution in [0.5, 0.6) is 0 Å². The molecular formula is C11H17N3O2. The van der Waals surface area contributed by atoms with Crippen LogP contribution in [0.25, 0.3) is 0 Å². The van der Waals surface area contributed by atoms with Gasteiger partial charge in [0.2, 0.25) is 5.91 Å². The van der Waals surface area contributed by atoms with Crippen LogP contribution in [0.15, 0.2) is 23.1 Å². The average molecular weight is 223 g/mol. The van der Waals surface area contributed by atoms with Crippen molar-refractivity contribution in [3.05, 3.63) is 28.7 Å². The van der Waals surface area contributed by atoms with Crippen LogP contribution in [-0.4, -0.2) is 16.5 Å². The highest BCUT2D eigenvalue weighted by Gasteiger charge is 2.18. The van der Waals surface area contributed by atoms with E-state index in [0.29, 0.717) is 0 Å². The standard InChI is InChI=1S/C11H17N3O2/c1-7(2)9(12)10(15)13-8-5-4-6-14(3)11(8)16/h4-7,9H,12H2,1-3H3,(H,13,15)/t9-/m0/s1. The first-order chi connectivity index (χ1) is 7.43. The summed E-state index contributed by atoms with van der Waals surface area (Å²) >= 11 is 0. The van der Waals surface area contributed by atoms with Crippen LogP contribution in [-0.2, 0) is 11.8 Å². The molecule has 88 valence electrons. The fourth-order valence-corrected chi connectivity index (χ4v) is 1.21. The first-order valence-electron chi connectivity index (χ1n) is 5.15. The Bertz CT molecular complexity index is 437. The molecule has 1 rings (SSSR count). The molecule has 3 N–H and O–H groups in total. The Morgan fingerprint density at radius 1 is 1.50 bits per heavy atom. The molecule has 0 aliphatic heterocycles. The average Bonchev–Trinajstić information content (AvgIpc) is 2.23. The van der Waals surface area contributed by atoms with Crippen LogP contribution in [0.4, 0.5) is 5.69 Å². The third kappa shape index (κ3) is 2.70. The van der Waals surface area contributed by atoms with Crippen molar-refractivity contribution in [3.63, 3.8) is 0 Å². The summed E-state index contributed by atoms with van der Waals surface area (Å²) in [5.41, 5.74) is 5.69. The molecule has 0 saturated heterocycles. The largest absolute Gasteiger partial charge is 0.320 e. The number of nitrogens with two attached hydrogens (primary N) is 1. The molecule has 0 saturated carbocycles. The molecule has 5 nitrogen and oxygen atoms in total. The van der Waals surface area contributed by atoms with E-state index in [1.165, 1.54) is 4.57 Å². The highest BCUT2D eigenvalue weighted by atomic mass is 16.2. The van der Waals surface area contributed by atoms with Gasteiger partial charge in [0.05, 0.1) is 6.04 Å². The molecule has 5 heteroatoms. The van der Waals surface area contributed by atoms with Gasteiger partial charge in [0.25, 0.3) is 5.56 Å². The van der Waals surface area contributed by atoms with Gasteiger partial charge in [-0.2, -0.15) is 0 Å². The van der Waals surface area contributed by atoms with Gasteiger partial charge in [0.1, 0.15) is 5.69 Å². The van der Waals surface area contributed by atoms with Crippen LogP contribution < -0.4 is 16.6 Å². The van der Waals surface area contributed by atoms with Gasteiger partial charge in [-0.15, -0.1) is 0 Å². The van der Waals surface area contributed by atoms with Gasteiger partial charge in [-0.1, -0.05) is 13.8 Å². The van der Waals surface area contributed by atoms with Crippen molar-refractivity contribution < 1.29 is 4.79 Å². The molecule has 1 amide bonds. The summed E-state index contributed by atoms with van der Waals surface area (Å²) in [5, 5.41) is 2.53. The van der Waals surface area contributed by atoms with E-state index in [9.17, 15) is 9.59 Å². The first-order valence-corrected chi connectivity index (χ1v) is 5.15. The highest BCUT2D eigenvalue weighted by molar-refractivity contribution is 5.94. The smallest absolute Gasteiger partial charge is 0.274 e. The minimum atomic E-state index is -0.607. The second kappa shape index (κ2) is 4.94. The predicted octanol–water partition coefficient (Wildman–Crippen LogP) is 0.307. The van der Waals surface area contributed by atoms with E-state index >= 15 is 0 Å². The van der Waals surface area contributed by atoms with Gasteiger partial charge < -0.3 is 15.6 Å². The van der Waals surface area contributed by atoms with Crippen molar-refractivity contribution in [2.45, 2.75) is 19.9 Å². The second-order valence-electron chi connectivity index (χ2n) is 4.10. The van der Waals surface area contributed by atoms with Crippen LogP contribution in [0.2, 0.25) is 0 Å². The van der Waals surface area contributed by atoms with E-state index in [2.05, 4.69) is 5.32 Å². The van der Waals surface area contributed by atoms with E-state index in [-0.39, 0.29) is 23.1 Å². The minimum Gasteiger partial charge on any atom is -0.320 e. The topological polar surface area (TPSA) is 77.1 Å². The molecule has 0 spiro atoms. The Kier molecular flexibility index (Phi) is 3.84. The summed E-state index contributed by atoms with van der Waals surface area (Å²) in [6, 6.07) is 2.65. The lowest BCUT2D eigenvalue weighted by atomic mass is 10.1. The van der Waals surface area contributed by atoms with Gasteiger partial charge in [-0.25, -0.2) is 0 Å². The van der Waals surface area contributed by atoms with Crippen LogP contribution >= 0.6 is 0 Å². The summed E-state index contributed by atoms with van der Waals surface area (Å²) in [4.78, 5) is 23.2. The van der Waals surface area contributed by atoms with E-state index in [1.54, 1.807) is 25.4 Å². The number of aromatic nitrogens is 1. The normalized spacial score (nSPS) is 12.6. The second-order valence-corrected chi connectivity index (χ2v) is 4.10. The maximum absolute atomic E-state index is 11.6. The maximum atomic E-state index is 11.6. The molecule has 16 heavy (non-hydrogen) atoms. The lowest BCUT2D eigenvalue weighted by Crippen LogP contribution is -2.41. The molecule has 0 unspecified atom stereocenters. The molecule has 0 radical (unpaired) electrons. The molecule has 1 heterocycles. The van der Waals surface area contributed by atoms with Gasteiger partial charge >= 0.3 is 0 Å². The SMILES string of the molecule is CC(C)[C@H](N)C(=O)Nc1cccn(C)c1=O. The monoisotopic (exact) mass is 223 g/mol. The number of nitrogens with zero attached hydrogens (tertiary/aromatic N) is 1. The van der Waals surface area contributed by atoms with Crippen LogP contribution in [0, 0.1) is 5.92 Å². The van der Waals surface area contributed by atoms with Gasteiger partial charge in [-0.3, -0.25) is 9.59 Å². The Labute approximate surface area is 94.3 Å². The molecule has 1 aromatic heterocycles. The fourth-order valence-electron chi connectivity index (χ4n) is 1.21. The lowest BCUT2D eigenvalue weighted by molar-refractivity contribution is -0.118. The van der Waals surface area contributed by atoms with Gasteiger partial charge in [-0.05, 0) is 18.1 Å². The van der Waals surface area contributed by atoms with Crippen molar-refractivity contribution in [2.24, 2.45) is 18.7 Å². The van der Waals surface area contributed by atoms with E-state index in [1.807, 2.05) is 13.8 Å². The number of pyridine rings is 1. The summed E-state index contributed by atoms with van der Waals surface area (Å²) < 4.78 is 1.40. The molecule has 0 aromatic carbocycles. The van der Waals surface area contributed by atoms with E-state index in [0.717, 1.165) is 0 Å². The molecular weight excluding hydrogens is 206 g/mol. The lowest BCUT2D eigenvalue weighted by Gasteiger charge is -2.15. The molecule has 0 aliphatic rings. The third-order valence-electron chi connectivity index (χ3n) is 2.40. The number of hydrogen-bond acceptors (Lipinski definition) is 3. The first kappa shape index (κ1) is 12.4. The van der Waals surface area contributed by atoms with E-state index < -0.39 is 6.04 Å². The van der Waals surface area contributed by atoms with Crippen molar-refractivity contribution in [1.29, 1.82) is 0 Å². The van der Waals surface area contributed by atoms with Crippen LogP contribution in [0.1, 0.15) is 13.8 Å². The summed E-state index contributed by atoms with van der Waals surface area (Å²) in [5.74, 6) is -0.300. The molecule has 1 aromatic rings. The predicted molar refractivity (Wildman–Crippen MR) is 63.1 cm³/mol. The number of hydrogen-bond donors (Lipinski definition) is 2. The van der Waals surface area contributed by atoms with Crippen LogP contribution in [0.3, 0.4) is 0 Å². The van der Waals surface area contributed by atoms with Crippen molar-refractivity contribution in [2.75, 3.05) is 5.32 Å². The molecule has 0 aliphatic carbocycles. The zero-order valence-electron chi connectivity index (χ0n) is 9.73. The number of amides is 1. The zero-order valence-corrected chi connectivity index (χ0v) is 9.73. The van der Waals surface area contributed by atoms with Crippen molar-refractivity contribution in [3.8, 4) is 0 Å². The number of anilines is 1. The minimum absolute atomic E-state index is 0.0348. The Hall–Kier alpha value is -1.62. The zero-order chi connectivity index (χ0) is 12.3. The Balaban J connectivity index is 2.86.